The van der Waals surface area contributed by atoms with Gasteiger partial charge in [0.25, 0.3) is 0 Å². The molecule has 0 bridgehead atoms. The molecule has 1 heterocycles. The normalized spacial score (nSPS) is 17.9. The second-order valence-corrected chi connectivity index (χ2v) is 9.51. The zero-order valence-corrected chi connectivity index (χ0v) is 19.8. The molecule has 2 aromatic rings. The highest BCUT2D eigenvalue weighted by Gasteiger charge is 2.22. The highest BCUT2D eigenvalue weighted by Crippen LogP contribution is 2.28. The van der Waals surface area contributed by atoms with E-state index in [1.165, 1.54) is 25.5 Å². The number of pyridine rings is 1. The van der Waals surface area contributed by atoms with Gasteiger partial charge in [0.05, 0.1) is 17.6 Å². The Morgan fingerprint density at radius 3 is 2.03 bits per heavy atom. The van der Waals surface area contributed by atoms with Gasteiger partial charge < -0.3 is 16.4 Å². The van der Waals surface area contributed by atoms with E-state index in [-0.39, 0.29) is 23.7 Å². The maximum absolute atomic E-state index is 12.6. The summed E-state index contributed by atoms with van der Waals surface area (Å²) in [6.45, 7) is 0. The Hall–Kier alpha value is -3.22. The van der Waals surface area contributed by atoms with Gasteiger partial charge in [-0.2, -0.15) is 0 Å². The second-order valence-electron chi connectivity index (χ2n) is 9.51. The minimum absolute atomic E-state index is 0.0217. The lowest BCUT2D eigenvalue weighted by Gasteiger charge is -2.20. The van der Waals surface area contributed by atoms with Crippen LogP contribution in [0, 0.1) is 11.8 Å². The number of hydrogen-bond donors (Lipinski definition) is 3. The van der Waals surface area contributed by atoms with Crippen LogP contribution < -0.4 is 16.4 Å². The fourth-order valence-corrected chi connectivity index (χ4v) is 4.81. The summed E-state index contributed by atoms with van der Waals surface area (Å²) < 4.78 is 0. The van der Waals surface area contributed by atoms with Crippen molar-refractivity contribution in [2.24, 2.45) is 16.8 Å². The van der Waals surface area contributed by atoms with E-state index in [1.807, 2.05) is 24.3 Å². The smallest absolute Gasteiger partial charge is 0.228 e. The molecule has 1 aromatic carbocycles. The summed E-state index contributed by atoms with van der Waals surface area (Å²) in [7, 11) is 0. The Morgan fingerprint density at radius 1 is 0.853 bits per heavy atom. The number of carbonyl (C=O) groups is 2. The first kappa shape index (κ1) is 23.9. The lowest BCUT2D eigenvalue weighted by atomic mass is 9.89. The van der Waals surface area contributed by atoms with Gasteiger partial charge in [-0.15, -0.1) is 0 Å². The molecule has 180 valence electrons. The van der Waals surface area contributed by atoms with Gasteiger partial charge in [0.15, 0.2) is 0 Å². The standard InChI is InChI=1S/C27H35N5O2/c28-23-18-30-25(32-27(34)21-10-6-3-7-11-21)16-24(23)29-17-19-12-14-22(15-13-19)31-26(33)20-8-4-1-2-5-9-20/h12-18,20-21H,1-11,28H2,(H,31,33)(H,30,32,34). The summed E-state index contributed by atoms with van der Waals surface area (Å²) >= 11 is 0. The van der Waals surface area contributed by atoms with E-state index >= 15 is 0 Å². The molecule has 7 nitrogen and oxygen atoms in total. The van der Waals surface area contributed by atoms with Crippen LogP contribution in [-0.2, 0) is 9.59 Å². The molecule has 0 aliphatic heterocycles. The Balaban J connectivity index is 1.35. The molecule has 0 atom stereocenters. The number of nitrogens with zero attached hydrogens (tertiary/aromatic N) is 2. The molecule has 34 heavy (non-hydrogen) atoms. The average Bonchev–Trinajstić information content (AvgIpc) is 3.15. The molecule has 4 rings (SSSR count). The first-order chi connectivity index (χ1) is 16.6. The molecule has 2 aliphatic carbocycles. The van der Waals surface area contributed by atoms with Crippen molar-refractivity contribution in [1.82, 2.24) is 4.98 Å². The van der Waals surface area contributed by atoms with Crippen molar-refractivity contribution < 1.29 is 9.59 Å². The molecule has 7 heteroatoms. The number of nitrogen functional groups attached to an aromatic ring is 1. The van der Waals surface area contributed by atoms with E-state index in [4.69, 9.17) is 5.73 Å². The van der Waals surface area contributed by atoms with Crippen LogP contribution in [0.4, 0.5) is 22.9 Å². The lowest BCUT2D eigenvalue weighted by molar-refractivity contribution is -0.121. The number of aromatic nitrogens is 1. The molecule has 0 saturated heterocycles. The number of anilines is 3. The van der Waals surface area contributed by atoms with E-state index in [2.05, 4.69) is 20.6 Å². The summed E-state index contributed by atoms with van der Waals surface area (Å²) in [6, 6.07) is 9.31. The number of benzene rings is 1. The van der Waals surface area contributed by atoms with E-state index in [0.717, 1.165) is 62.6 Å². The minimum Gasteiger partial charge on any atom is -0.396 e. The Bertz CT molecular complexity index is 1000. The fourth-order valence-electron chi connectivity index (χ4n) is 4.81. The van der Waals surface area contributed by atoms with Crippen molar-refractivity contribution in [2.45, 2.75) is 70.6 Å². The van der Waals surface area contributed by atoms with Gasteiger partial charge in [-0.1, -0.05) is 57.1 Å². The van der Waals surface area contributed by atoms with Crippen LogP contribution in [0.3, 0.4) is 0 Å². The number of aliphatic imine (C=N–C) groups is 1. The minimum atomic E-state index is 0.0217. The van der Waals surface area contributed by atoms with Gasteiger partial charge >= 0.3 is 0 Å². The third-order valence-corrected chi connectivity index (χ3v) is 6.90. The molecule has 0 unspecified atom stereocenters. The maximum Gasteiger partial charge on any atom is 0.228 e. The molecule has 2 amide bonds. The van der Waals surface area contributed by atoms with Crippen LogP contribution in [0.25, 0.3) is 0 Å². The number of carbonyl (C=O) groups excluding carboxylic acids is 2. The van der Waals surface area contributed by atoms with E-state index in [1.54, 1.807) is 12.3 Å². The van der Waals surface area contributed by atoms with Crippen LogP contribution >= 0.6 is 0 Å². The third kappa shape index (κ3) is 6.65. The molecule has 0 spiro atoms. The molecule has 2 aliphatic rings. The predicted molar refractivity (Wildman–Crippen MR) is 137 cm³/mol. The van der Waals surface area contributed by atoms with Crippen LogP contribution in [0.1, 0.15) is 76.2 Å². The van der Waals surface area contributed by atoms with Crippen molar-refractivity contribution in [3.8, 4) is 0 Å². The molecule has 2 saturated carbocycles. The molecule has 2 fully saturated rings. The van der Waals surface area contributed by atoms with Crippen molar-refractivity contribution >= 4 is 40.9 Å². The maximum atomic E-state index is 12.6. The zero-order chi connectivity index (χ0) is 23.8. The summed E-state index contributed by atoms with van der Waals surface area (Å²) in [4.78, 5) is 33.8. The predicted octanol–water partition coefficient (Wildman–Crippen LogP) is 5.84. The van der Waals surface area contributed by atoms with Gasteiger partial charge in [0.1, 0.15) is 5.82 Å². The molecule has 1 aromatic heterocycles. The number of nitrogens with two attached hydrogens (primary N) is 1. The Labute approximate surface area is 201 Å². The van der Waals surface area contributed by atoms with Crippen LogP contribution in [-0.4, -0.2) is 23.0 Å². The summed E-state index contributed by atoms with van der Waals surface area (Å²) in [5.74, 6) is 0.783. The van der Waals surface area contributed by atoms with Crippen molar-refractivity contribution in [3.63, 3.8) is 0 Å². The lowest BCUT2D eigenvalue weighted by Crippen LogP contribution is -2.25. The number of amides is 2. The summed E-state index contributed by atoms with van der Waals surface area (Å²) in [6.07, 6.45) is 15.2. The number of nitrogens with one attached hydrogen (secondary N) is 2. The van der Waals surface area contributed by atoms with Crippen molar-refractivity contribution in [2.75, 3.05) is 16.4 Å². The van der Waals surface area contributed by atoms with Gasteiger partial charge in [-0.05, 0) is 43.4 Å². The first-order valence-corrected chi connectivity index (χ1v) is 12.6. The molecule has 0 radical (unpaired) electrons. The van der Waals surface area contributed by atoms with Crippen molar-refractivity contribution in [1.29, 1.82) is 0 Å². The van der Waals surface area contributed by atoms with Gasteiger partial charge in [0.2, 0.25) is 11.8 Å². The van der Waals surface area contributed by atoms with Crippen molar-refractivity contribution in [3.05, 3.63) is 42.1 Å². The number of rotatable bonds is 6. The first-order valence-electron chi connectivity index (χ1n) is 12.6. The molecular formula is C27H35N5O2. The average molecular weight is 462 g/mol. The van der Waals surface area contributed by atoms with Gasteiger partial charge in [-0.3, -0.25) is 14.6 Å². The van der Waals surface area contributed by atoms with E-state index in [0.29, 0.717) is 17.2 Å². The topological polar surface area (TPSA) is 109 Å². The Kier molecular flexibility index (Phi) is 8.28. The monoisotopic (exact) mass is 461 g/mol. The van der Waals surface area contributed by atoms with E-state index < -0.39 is 0 Å². The summed E-state index contributed by atoms with van der Waals surface area (Å²) in [5.41, 5.74) is 8.73. The van der Waals surface area contributed by atoms with Gasteiger partial charge in [0, 0.05) is 29.8 Å². The zero-order valence-electron chi connectivity index (χ0n) is 19.8. The quantitative estimate of drug-likeness (QED) is 0.371. The van der Waals surface area contributed by atoms with E-state index in [9.17, 15) is 9.59 Å². The van der Waals surface area contributed by atoms with Crippen LogP contribution in [0.5, 0.6) is 0 Å². The SMILES string of the molecule is Nc1cnc(NC(=O)C2CCCCC2)cc1N=Cc1ccc(NC(=O)C2CCCCCC2)cc1. The third-order valence-electron chi connectivity index (χ3n) is 6.90. The summed E-state index contributed by atoms with van der Waals surface area (Å²) in [5, 5.41) is 5.96. The second kappa shape index (κ2) is 11.8. The fraction of sp³-hybridized carbons (Fsp3) is 0.481. The van der Waals surface area contributed by atoms with Crippen LogP contribution in [0.15, 0.2) is 41.5 Å². The Morgan fingerprint density at radius 2 is 1.41 bits per heavy atom. The molecule has 4 N–H and O–H groups in total. The largest absolute Gasteiger partial charge is 0.396 e. The van der Waals surface area contributed by atoms with Gasteiger partial charge in [-0.25, -0.2) is 4.98 Å². The number of hydrogen-bond acceptors (Lipinski definition) is 5. The highest BCUT2D eigenvalue weighted by atomic mass is 16.2. The van der Waals surface area contributed by atoms with Crippen LogP contribution in [0.2, 0.25) is 0 Å². The molecular weight excluding hydrogens is 426 g/mol. The highest BCUT2D eigenvalue weighted by molar-refractivity contribution is 5.94.